The van der Waals surface area contributed by atoms with Crippen molar-refractivity contribution in [2.75, 3.05) is 26.0 Å². The Balaban J connectivity index is 2.12. The van der Waals surface area contributed by atoms with E-state index < -0.39 is 7.58 Å². The first-order chi connectivity index (χ1) is 6.22. The maximum absolute atomic E-state index is 10.9. The van der Waals surface area contributed by atoms with Crippen LogP contribution in [0.1, 0.15) is 6.92 Å². The Kier molecular flexibility index (Phi) is 5.02. The molecule has 1 aliphatic rings. The summed E-state index contributed by atoms with van der Waals surface area (Å²) in [5.74, 6) is 0.897. The Labute approximate surface area is 83.4 Å². The maximum atomic E-state index is 10.9. The topological polar surface area (TPSA) is 47.6 Å². The van der Waals surface area contributed by atoms with Gasteiger partial charge >= 0.3 is 0 Å². The first-order valence-electron chi connectivity index (χ1n) is 4.12. The Bertz CT molecular complexity index is 173. The van der Waals surface area contributed by atoms with Gasteiger partial charge in [0.05, 0.1) is 19.0 Å². The van der Waals surface area contributed by atoms with Crippen LogP contribution in [0, 0.1) is 5.92 Å². The van der Waals surface area contributed by atoms with E-state index in [9.17, 15) is 4.79 Å². The fraction of sp³-hybridized carbons (Fsp3) is 0.857. The monoisotopic (exact) mass is 223 g/mol. The molecule has 0 aromatic rings. The number of carbonyl (C=O) groups excluding carboxylic acids is 1. The van der Waals surface area contributed by atoms with Gasteiger partial charge < -0.3 is 14.4 Å². The van der Waals surface area contributed by atoms with Gasteiger partial charge in [-0.1, -0.05) is 18.3 Å². The third-order valence-electron chi connectivity index (χ3n) is 1.51. The van der Waals surface area contributed by atoms with Gasteiger partial charge in [-0.2, -0.15) is 0 Å². The van der Waals surface area contributed by atoms with Crippen molar-refractivity contribution in [3.05, 3.63) is 0 Å². The molecule has 6 heteroatoms. The number of nitrogens with one attached hydrogen (secondary N) is 1. The van der Waals surface area contributed by atoms with Crippen molar-refractivity contribution < 1.29 is 13.8 Å². The number of hydrogen-bond donors (Lipinski definition) is 1. The van der Waals surface area contributed by atoms with Crippen molar-refractivity contribution in [2.45, 2.75) is 6.92 Å². The largest absolute Gasteiger partial charge is 0.358 e. The molecule has 1 fully saturated rings. The standard InChI is InChI=1S/C7H14NO3PS/c1-6-3-10-12(11-4-6)13-5-7(9)8-2/h6H,3-5H2,1-2H3,(H,8,9). The van der Waals surface area contributed by atoms with Gasteiger partial charge in [0.25, 0.3) is 0 Å². The average molecular weight is 223 g/mol. The van der Waals surface area contributed by atoms with E-state index in [1.807, 2.05) is 0 Å². The second-order valence-electron chi connectivity index (χ2n) is 2.87. The molecule has 1 rings (SSSR count). The normalized spacial score (nSPS) is 28.5. The van der Waals surface area contributed by atoms with Gasteiger partial charge in [-0.15, -0.1) is 0 Å². The molecular weight excluding hydrogens is 209 g/mol. The first-order valence-corrected chi connectivity index (χ1v) is 6.88. The number of hydrogen-bond acceptors (Lipinski definition) is 4. The van der Waals surface area contributed by atoms with Crippen LogP contribution in [0.2, 0.25) is 0 Å². The van der Waals surface area contributed by atoms with E-state index in [4.69, 9.17) is 9.05 Å². The smallest absolute Gasteiger partial charge is 0.238 e. The Morgan fingerprint density at radius 1 is 1.62 bits per heavy atom. The summed E-state index contributed by atoms with van der Waals surface area (Å²) in [6.07, 6.45) is 0. The molecule has 13 heavy (non-hydrogen) atoms. The van der Waals surface area contributed by atoms with E-state index in [2.05, 4.69) is 12.2 Å². The summed E-state index contributed by atoms with van der Waals surface area (Å²) in [4.78, 5) is 10.9. The summed E-state index contributed by atoms with van der Waals surface area (Å²) in [6, 6.07) is 0. The minimum atomic E-state index is -0.881. The highest BCUT2D eigenvalue weighted by Gasteiger charge is 2.21. The highest BCUT2D eigenvalue weighted by molar-refractivity contribution is 8.53. The number of carbonyl (C=O) groups is 1. The van der Waals surface area contributed by atoms with Gasteiger partial charge in [0.1, 0.15) is 0 Å². The molecule has 1 amide bonds. The molecule has 0 atom stereocenters. The van der Waals surface area contributed by atoms with Gasteiger partial charge in [-0.05, 0) is 0 Å². The summed E-state index contributed by atoms with van der Waals surface area (Å²) in [5.41, 5.74) is 0. The predicted octanol–water partition coefficient (Wildman–Crippen LogP) is 1.38. The van der Waals surface area contributed by atoms with Crippen LogP contribution in [0.25, 0.3) is 0 Å². The molecule has 0 aromatic heterocycles. The fourth-order valence-corrected chi connectivity index (χ4v) is 3.54. The lowest BCUT2D eigenvalue weighted by molar-refractivity contribution is -0.118. The third kappa shape index (κ3) is 4.27. The van der Waals surface area contributed by atoms with Crippen LogP contribution in [-0.4, -0.2) is 31.9 Å². The van der Waals surface area contributed by atoms with E-state index in [1.54, 1.807) is 7.05 Å². The lowest BCUT2D eigenvalue weighted by atomic mass is 10.2. The van der Waals surface area contributed by atoms with E-state index >= 15 is 0 Å². The van der Waals surface area contributed by atoms with E-state index in [1.165, 1.54) is 11.4 Å². The summed E-state index contributed by atoms with van der Waals surface area (Å²) in [5, 5.41) is 2.55. The molecular formula is C7H14NO3PS. The zero-order valence-electron chi connectivity index (χ0n) is 7.78. The van der Waals surface area contributed by atoms with Gasteiger partial charge in [0.2, 0.25) is 13.5 Å². The first kappa shape index (κ1) is 11.2. The molecule has 0 saturated carbocycles. The Morgan fingerprint density at radius 3 is 2.77 bits per heavy atom. The average Bonchev–Trinajstić information content (AvgIpc) is 2.16. The SMILES string of the molecule is CNC(=O)CSP1OCC(C)CO1. The molecule has 0 unspecified atom stereocenters. The number of amides is 1. The highest BCUT2D eigenvalue weighted by Crippen LogP contribution is 2.54. The zero-order valence-corrected chi connectivity index (χ0v) is 9.49. The minimum absolute atomic E-state index is 0.0123. The molecule has 1 heterocycles. The summed E-state index contributed by atoms with van der Waals surface area (Å²) in [6.45, 7) is 3.56. The van der Waals surface area contributed by atoms with Gasteiger partial charge in [0, 0.05) is 13.0 Å². The molecule has 0 spiro atoms. The van der Waals surface area contributed by atoms with Crippen molar-refractivity contribution in [2.24, 2.45) is 5.92 Å². The van der Waals surface area contributed by atoms with Crippen molar-refractivity contribution >= 4 is 24.9 Å². The maximum Gasteiger partial charge on any atom is 0.238 e. The molecule has 1 saturated heterocycles. The highest BCUT2D eigenvalue weighted by atomic mass is 32.7. The second kappa shape index (κ2) is 5.81. The van der Waals surface area contributed by atoms with E-state index in [0.717, 1.165) is 13.2 Å². The van der Waals surface area contributed by atoms with Crippen LogP contribution >= 0.6 is 19.0 Å². The fourth-order valence-electron chi connectivity index (χ4n) is 0.720. The Morgan fingerprint density at radius 2 is 2.23 bits per heavy atom. The molecule has 1 N–H and O–H groups in total. The molecule has 0 aromatic carbocycles. The van der Waals surface area contributed by atoms with Gasteiger partial charge in [0.15, 0.2) is 0 Å². The van der Waals surface area contributed by atoms with Crippen LogP contribution in [0.5, 0.6) is 0 Å². The summed E-state index contributed by atoms with van der Waals surface area (Å²) in [7, 11) is 0.745. The molecule has 76 valence electrons. The van der Waals surface area contributed by atoms with Crippen LogP contribution in [0.15, 0.2) is 0 Å². The Hall–Kier alpha value is 0.170. The summed E-state index contributed by atoms with van der Waals surface area (Å²) >= 11 is 1.44. The minimum Gasteiger partial charge on any atom is -0.358 e. The van der Waals surface area contributed by atoms with Crippen LogP contribution in [0.3, 0.4) is 0 Å². The van der Waals surface area contributed by atoms with Gasteiger partial charge in [-0.3, -0.25) is 4.79 Å². The van der Waals surface area contributed by atoms with E-state index in [-0.39, 0.29) is 5.91 Å². The molecule has 0 bridgehead atoms. The van der Waals surface area contributed by atoms with E-state index in [0.29, 0.717) is 11.7 Å². The van der Waals surface area contributed by atoms with Crippen LogP contribution in [0.4, 0.5) is 0 Å². The number of rotatable bonds is 3. The van der Waals surface area contributed by atoms with Crippen LogP contribution < -0.4 is 5.32 Å². The summed E-state index contributed by atoms with van der Waals surface area (Å²) < 4.78 is 10.8. The lowest BCUT2D eigenvalue weighted by Gasteiger charge is -2.24. The molecule has 1 aliphatic heterocycles. The van der Waals surface area contributed by atoms with Crippen molar-refractivity contribution in [3.63, 3.8) is 0 Å². The van der Waals surface area contributed by atoms with Crippen molar-refractivity contribution in [3.8, 4) is 0 Å². The molecule has 0 radical (unpaired) electrons. The lowest BCUT2D eigenvalue weighted by Crippen LogP contribution is -2.20. The third-order valence-corrected chi connectivity index (χ3v) is 4.48. The molecule has 0 aliphatic carbocycles. The zero-order chi connectivity index (χ0) is 9.68. The molecule has 4 nitrogen and oxygen atoms in total. The van der Waals surface area contributed by atoms with Crippen LogP contribution in [-0.2, 0) is 13.8 Å². The van der Waals surface area contributed by atoms with Crippen molar-refractivity contribution in [1.29, 1.82) is 0 Å². The predicted molar refractivity (Wildman–Crippen MR) is 54.5 cm³/mol. The quantitative estimate of drug-likeness (QED) is 0.734. The van der Waals surface area contributed by atoms with Crippen molar-refractivity contribution in [1.82, 2.24) is 5.32 Å². The second-order valence-corrected chi connectivity index (χ2v) is 6.05. The van der Waals surface area contributed by atoms with Gasteiger partial charge in [-0.25, -0.2) is 0 Å².